The third-order valence-corrected chi connectivity index (χ3v) is 4.22. The molecule has 0 spiro atoms. The molecule has 116 valence electrons. The fraction of sp³-hybridized carbons (Fsp3) is 0.611. The summed E-state index contributed by atoms with van der Waals surface area (Å²) in [4.78, 5) is 12.2. The maximum absolute atomic E-state index is 12.2. The van der Waals surface area contributed by atoms with E-state index in [2.05, 4.69) is 12.2 Å². The van der Waals surface area contributed by atoms with Crippen molar-refractivity contribution in [2.45, 2.75) is 70.9 Å². The van der Waals surface area contributed by atoms with Crippen LogP contribution in [0.5, 0.6) is 5.75 Å². The van der Waals surface area contributed by atoms with Crippen LogP contribution in [0.25, 0.3) is 0 Å². The Morgan fingerprint density at radius 2 is 1.81 bits per heavy atom. The van der Waals surface area contributed by atoms with Gasteiger partial charge >= 0.3 is 0 Å². The summed E-state index contributed by atoms with van der Waals surface area (Å²) < 4.78 is 5.74. The maximum atomic E-state index is 12.2. The van der Waals surface area contributed by atoms with Crippen LogP contribution in [-0.4, -0.2) is 18.1 Å². The molecular weight excluding hydrogens is 262 g/mol. The predicted octanol–water partition coefficient (Wildman–Crippen LogP) is 3.86. The molecule has 3 nitrogen and oxygen atoms in total. The monoisotopic (exact) mass is 289 g/mol. The van der Waals surface area contributed by atoms with E-state index in [9.17, 15) is 4.79 Å². The molecule has 0 heterocycles. The van der Waals surface area contributed by atoms with Crippen molar-refractivity contribution >= 4 is 5.91 Å². The molecule has 0 bridgehead atoms. The SMILES string of the molecule is CCc1ccc(OC(C)C(=O)NC2CCCCCC2)cc1. The molecule has 0 aromatic heterocycles. The summed E-state index contributed by atoms with van der Waals surface area (Å²) >= 11 is 0. The first-order chi connectivity index (χ1) is 10.2. The summed E-state index contributed by atoms with van der Waals surface area (Å²) in [6.45, 7) is 3.94. The van der Waals surface area contributed by atoms with Crippen LogP contribution in [0.3, 0.4) is 0 Å². The van der Waals surface area contributed by atoms with Crippen LogP contribution in [0.4, 0.5) is 0 Å². The molecule has 1 atom stereocenters. The van der Waals surface area contributed by atoms with E-state index in [4.69, 9.17) is 4.74 Å². The standard InChI is InChI=1S/C18H27NO2/c1-3-15-10-12-17(13-11-15)21-14(2)18(20)19-16-8-6-4-5-7-9-16/h10-14,16H,3-9H2,1-2H3,(H,19,20). The van der Waals surface area contributed by atoms with Crippen LogP contribution in [0.2, 0.25) is 0 Å². The molecule has 21 heavy (non-hydrogen) atoms. The van der Waals surface area contributed by atoms with E-state index in [-0.39, 0.29) is 5.91 Å². The van der Waals surface area contributed by atoms with Crippen molar-refractivity contribution in [3.05, 3.63) is 29.8 Å². The van der Waals surface area contributed by atoms with Gasteiger partial charge in [-0.2, -0.15) is 0 Å². The van der Waals surface area contributed by atoms with Gasteiger partial charge in [0.2, 0.25) is 0 Å². The lowest BCUT2D eigenvalue weighted by atomic mass is 10.1. The highest BCUT2D eigenvalue weighted by Crippen LogP contribution is 2.18. The lowest BCUT2D eigenvalue weighted by Crippen LogP contribution is -2.42. The van der Waals surface area contributed by atoms with Crippen LogP contribution >= 0.6 is 0 Å². The summed E-state index contributed by atoms with van der Waals surface area (Å²) in [5.41, 5.74) is 1.28. The van der Waals surface area contributed by atoms with Gasteiger partial charge in [0.15, 0.2) is 6.10 Å². The van der Waals surface area contributed by atoms with Crippen LogP contribution in [0.1, 0.15) is 57.9 Å². The van der Waals surface area contributed by atoms with E-state index in [1.54, 1.807) is 0 Å². The minimum Gasteiger partial charge on any atom is -0.481 e. The third-order valence-electron chi connectivity index (χ3n) is 4.22. The average molecular weight is 289 g/mol. The lowest BCUT2D eigenvalue weighted by molar-refractivity contribution is -0.128. The van der Waals surface area contributed by atoms with Crippen molar-refractivity contribution in [3.8, 4) is 5.75 Å². The van der Waals surface area contributed by atoms with E-state index in [0.29, 0.717) is 6.04 Å². The highest BCUT2D eigenvalue weighted by molar-refractivity contribution is 5.81. The van der Waals surface area contributed by atoms with Gasteiger partial charge in [-0.15, -0.1) is 0 Å². The van der Waals surface area contributed by atoms with Crippen molar-refractivity contribution in [3.63, 3.8) is 0 Å². The van der Waals surface area contributed by atoms with E-state index >= 15 is 0 Å². The highest BCUT2D eigenvalue weighted by atomic mass is 16.5. The number of rotatable bonds is 5. The Labute approximate surface area is 128 Å². The van der Waals surface area contributed by atoms with E-state index in [0.717, 1.165) is 25.0 Å². The van der Waals surface area contributed by atoms with Gasteiger partial charge in [-0.05, 0) is 43.9 Å². The Balaban J connectivity index is 1.83. The molecule has 1 amide bonds. The van der Waals surface area contributed by atoms with E-state index in [1.807, 2.05) is 31.2 Å². The van der Waals surface area contributed by atoms with Gasteiger partial charge in [-0.1, -0.05) is 44.7 Å². The molecule has 0 saturated heterocycles. The Bertz CT molecular complexity index is 433. The van der Waals surface area contributed by atoms with Gasteiger partial charge in [0.1, 0.15) is 5.75 Å². The predicted molar refractivity (Wildman–Crippen MR) is 85.5 cm³/mol. The van der Waals surface area contributed by atoms with Crippen molar-refractivity contribution in [2.75, 3.05) is 0 Å². The quantitative estimate of drug-likeness (QED) is 0.836. The molecule has 1 aliphatic rings. The molecular formula is C18H27NO2. The normalized spacial score (nSPS) is 17.8. The number of amides is 1. The fourth-order valence-electron chi connectivity index (χ4n) is 2.80. The first kappa shape index (κ1) is 15.9. The highest BCUT2D eigenvalue weighted by Gasteiger charge is 2.20. The number of aryl methyl sites for hydroxylation is 1. The molecule has 1 saturated carbocycles. The average Bonchev–Trinajstić information content (AvgIpc) is 2.76. The topological polar surface area (TPSA) is 38.3 Å². The molecule has 2 rings (SSSR count). The summed E-state index contributed by atoms with van der Waals surface area (Å²) in [6, 6.07) is 8.30. The summed E-state index contributed by atoms with van der Waals surface area (Å²) in [7, 11) is 0. The second kappa shape index (κ2) is 8.06. The Morgan fingerprint density at radius 3 is 2.38 bits per heavy atom. The van der Waals surface area contributed by atoms with Crippen LogP contribution in [-0.2, 0) is 11.2 Å². The van der Waals surface area contributed by atoms with Crippen LogP contribution in [0, 0.1) is 0 Å². The zero-order chi connectivity index (χ0) is 15.1. The molecule has 1 fully saturated rings. The summed E-state index contributed by atoms with van der Waals surface area (Å²) in [6.07, 6.45) is 7.80. The second-order valence-electron chi connectivity index (χ2n) is 5.95. The zero-order valence-electron chi connectivity index (χ0n) is 13.2. The number of nitrogens with one attached hydrogen (secondary N) is 1. The smallest absolute Gasteiger partial charge is 0.260 e. The molecule has 1 unspecified atom stereocenters. The van der Waals surface area contributed by atoms with E-state index in [1.165, 1.54) is 31.2 Å². The third kappa shape index (κ3) is 5.07. The van der Waals surface area contributed by atoms with Gasteiger partial charge < -0.3 is 10.1 Å². The number of hydrogen-bond donors (Lipinski definition) is 1. The molecule has 0 radical (unpaired) electrons. The number of benzene rings is 1. The van der Waals surface area contributed by atoms with Crippen LogP contribution < -0.4 is 10.1 Å². The molecule has 3 heteroatoms. The summed E-state index contributed by atoms with van der Waals surface area (Å²) in [5.74, 6) is 0.761. The first-order valence-electron chi connectivity index (χ1n) is 8.25. The summed E-state index contributed by atoms with van der Waals surface area (Å²) in [5, 5.41) is 3.14. The molecule has 1 N–H and O–H groups in total. The maximum Gasteiger partial charge on any atom is 0.260 e. The van der Waals surface area contributed by atoms with Gasteiger partial charge in [0, 0.05) is 6.04 Å². The van der Waals surface area contributed by atoms with Gasteiger partial charge in [-0.3, -0.25) is 4.79 Å². The number of carbonyl (C=O) groups excluding carboxylic acids is 1. The van der Waals surface area contributed by atoms with Gasteiger partial charge in [0.25, 0.3) is 5.91 Å². The van der Waals surface area contributed by atoms with E-state index < -0.39 is 6.10 Å². The van der Waals surface area contributed by atoms with Crippen molar-refractivity contribution < 1.29 is 9.53 Å². The van der Waals surface area contributed by atoms with Gasteiger partial charge in [0.05, 0.1) is 0 Å². The van der Waals surface area contributed by atoms with Crippen LogP contribution in [0.15, 0.2) is 24.3 Å². The Morgan fingerprint density at radius 1 is 1.19 bits per heavy atom. The molecule has 0 aliphatic heterocycles. The first-order valence-corrected chi connectivity index (χ1v) is 8.25. The fourth-order valence-corrected chi connectivity index (χ4v) is 2.80. The minimum atomic E-state index is -0.444. The number of hydrogen-bond acceptors (Lipinski definition) is 2. The second-order valence-corrected chi connectivity index (χ2v) is 5.95. The number of ether oxygens (including phenoxy) is 1. The zero-order valence-corrected chi connectivity index (χ0v) is 13.2. The Hall–Kier alpha value is -1.51. The largest absolute Gasteiger partial charge is 0.481 e. The molecule has 1 aromatic carbocycles. The Kier molecular flexibility index (Phi) is 6.09. The molecule has 1 aromatic rings. The molecule has 1 aliphatic carbocycles. The minimum absolute atomic E-state index is 0.00136. The van der Waals surface area contributed by atoms with Crippen molar-refractivity contribution in [1.82, 2.24) is 5.32 Å². The van der Waals surface area contributed by atoms with Crippen molar-refractivity contribution in [2.24, 2.45) is 0 Å². The van der Waals surface area contributed by atoms with Crippen molar-refractivity contribution in [1.29, 1.82) is 0 Å². The lowest BCUT2D eigenvalue weighted by Gasteiger charge is -2.20. The number of carbonyl (C=O) groups is 1. The van der Waals surface area contributed by atoms with Gasteiger partial charge in [-0.25, -0.2) is 0 Å².